The van der Waals surface area contributed by atoms with Crippen LogP contribution in [0.4, 0.5) is 0 Å². The summed E-state index contributed by atoms with van der Waals surface area (Å²) in [6.07, 6.45) is 1.73. The van der Waals surface area contributed by atoms with Gasteiger partial charge >= 0.3 is 0 Å². The van der Waals surface area contributed by atoms with Crippen LogP contribution in [0.25, 0.3) is 0 Å². The molecule has 0 saturated heterocycles. The van der Waals surface area contributed by atoms with Crippen LogP contribution in [0.1, 0.15) is 22.2 Å². The lowest BCUT2D eigenvalue weighted by Crippen LogP contribution is -2.16. The number of rotatable bonds is 3. The van der Waals surface area contributed by atoms with Crippen LogP contribution in [0.3, 0.4) is 0 Å². The first-order valence-corrected chi connectivity index (χ1v) is 6.30. The highest BCUT2D eigenvalue weighted by molar-refractivity contribution is 9.11. The molecule has 4 heteroatoms. The second-order valence-electron chi connectivity index (χ2n) is 3.30. The molecule has 0 amide bonds. The quantitative estimate of drug-likeness (QED) is 0.930. The zero-order valence-electron chi connectivity index (χ0n) is 8.58. The molecule has 0 fully saturated rings. The number of aryl methyl sites for hydroxylation is 1. The summed E-state index contributed by atoms with van der Waals surface area (Å²) in [5, 5.41) is 3.30. The van der Waals surface area contributed by atoms with Crippen LogP contribution < -0.4 is 5.32 Å². The van der Waals surface area contributed by atoms with E-state index < -0.39 is 0 Å². The first-order valence-electron chi connectivity index (χ1n) is 4.69. The van der Waals surface area contributed by atoms with Gasteiger partial charge in [-0.05, 0) is 48.1 Å². The zero-order chi connectivity index (χ0) is 10.8. The van der Waals surface area contributed by atoms with Gasteiger partial charge in [0.1, 0.15) is 5.76 Å². The summed E-state index contributed by atoms with van der Waals surface area (Å²) in [5.74, 6) is 0.971. The molecule has 0 aliphatic carbocycles. The van der Waals surface area contributed by atoms with Crippen molar-refractivity contribution in [3.8, 4) is 0 Å². The van der Waals surface area contributed by atoms with E-state index in [1.165, 1.54) is 10.4 Å². The Morgan fingerprint density at radius 3 is 2.67 bits per heavy atom. The molecule has 1 atom stereocenters. The van der Waals surface area contributed by atoms with Crippen molar-refractivity contribution in [2.75, 3.05) is 7.05 Å². The molecule has 15 heavy (non-hydrogen) atoms. The van der Waals surface area contributed by atoms with E-state index in [0.717, 1.165) is 9.55 Å². The van der Waals surface area contributed by atoms with Crippen LogP contribution in [0.15, 0.2) is 32.7 Å². The Morgan fingerprint density at radius 1 is 1.40 bits per heavy atom. The number of hydrogen-bond donors (Lipinski definition) is 1. The van der Waals surface area contributed by atoms with E-state index in [0.29, 0.717) is 0 Å². The fourth-order valence-corrected chi connectivity index (χ4v) is 3.18. The molecule has 2 rings (SSSR count). The zero-order valence-corrected chi connectivity index (χ0v) is 11.0. The normalized spacial score (nSPS) is 13.0. The summed E-state index contributed by atoms with van der Waals surface area (Å²) in [6.45, 7) is 1.99. The molecule has 2 aromatic heterocycles. The second kappa shape index (κ2) is 4.51. The first kappa shape index (κ1) is 10.9. The van der Waals surface area contributed by atoms with Gasteiger partial charge in [0, 0.05) is 10.4 Å². The third kappa shape index (κ3) is 2.17. The van der Waals surface area contributed by atoms with Crippen LogP contribution in [0.2, 0.25) is 0 Å². The molecule has 1 unspecified atom stereocenters. The largest absolute Gasteiger partial charge is 0.469 e. The maximum absolute atomic E-state index is 5.33. The predicted molar refractivity (Wildman–Crippen MR) is 66.4 cm³/mol. The van der Waals surface area contributed by atoms with Gasteiger partial charge in [0.25, 0.3) is 0 Å². The molecule has 0 aliphatic rings. The van der Waals surface area contributed by atoms with Crippen molar-refractivity contribution in [1.82, 2.24) is 5.32 Å². The minimum Gasteiger partial charge on any atom is -0.469 e. The van der Waals surface area contributed by atoms with Crippen molar-refractivity contribution in [1.29, 1.82) is 0 Å². The average Bonchev–Trinajstić information content (AvgIpc) is 2.79. The van der Waals surface area contributed by atoms with Crippen molar-refractivity contribution in [2.24, 2.45) is 0 Å². The fourth-order valence-electron chi connectivity index (χ4n) is 1.63. The van der Waals surface area contributed by atoms with E-state index in [1.54, 1.807) is 17.6 Å². The third-order valence-corrected chi connectivity index (χ3v) is 4.07. The molecule has 2 aromatic rings. The summed E-state index contributed by atoms with van der Waals surface area (Å²) >= 11 is 5.22. The summed E-state index contributed by atoms with van der Waals surface area (Å²) in [5.41, 5.74) is 1.20. The van der Waals surface area contributed by atoms with Crippen molar-refractivity contribution in [2.45, 2.75) is 13.0 Å². The Balaban J connectivity index is 2.36. The SMILES string of the molecule is CNC(c1ccc(Br)s1)c1ccoc1C. The molecule has 0 aromatic carbocycles. The highest BCUT2D eigenvalue weighted by Gasteiger charge is 2.17. The molecule has 2 heterocycles. The topological polar surface area (TPSA) is 25.2 Å². The first-order chi connectivity index (χ1) is 7.22. The van der Waals surface area contributed by atoms with Gasteiger partial charge in [-0.1, -0.05) is 0 Å². The number of thiophene rings is 1. The van der Waals surface area contributed by atoms with Crippen molar-refractivity contribution in [3.63, 3.8) is 0 Å². The number of hydrogen-bond acceptors (Lipinski definition) is 3. The molecule has 0 spiro atoms. The van der Waals surface area contributed by atoms with Crippen LogP contribution in [0.5, 0.6) is 0 Å². The molecule has 2 nitrogen and oxygen atoms in total. The Bertz CT molecular complexity index is 449. The third-order valence-electron chi connectivity index (χ3n) is 2.38. The summed E-state index contributed by atoms with van der Waals surface area (Å²) in [4.78, 5) is 1.29. The summed E-state index contributed by atoms with van der Waals surface area (Å²) in [6, 6.07) is 6.44. The highest BCUT2D eigenvalue weighted by atomic mass is 79.9. The fraction of sp³-hybridized carbons (Fsp3) is 0.273. The van der Waals surface area contributed by atoms with Crippen LogP contribution in [-0.4, -0.2) is 7.05 Å². The lowest BCUT2D eigenvalue weighted by atomic mass is 10.1. The highest BCUT2D eigenvalue weighted by Crippen LogP contribution is 2.32. The maximum atomic E-state index is 5.33. The summed E-state index contributed by atoms with van der Waals surface area (Å²) in [7, 11) is 1.96. The van der Waals surface area contributed by atoms with Gasteiger partial charge in [0.2, 0.25) is 0 Å². The number of furan rings is 1. The molecule has 0 saturated carbocycles. The van der Waals surface area contributed by atoms with Gasteiger partial charge in [0.15, 0.2) is 0 Å². The van der Waals surface area contributed by atoms with E-state index >= 15 is 0 Å². The lowest BCUT2D eigenvalue weighted by molar-refractivity contribution is 0.524. The standard InChI is InChI=1S/C11H12BrNOS/c1-7-8(5-6-14-7)11(13-2)9-3-4-10(12)15-9/h3-6,11,13H,1-2H3. The number of halogens is 1. The van der Waals surface area contributed by atoms with Crippen molar-refractivity contribution >= 4 is 27.3 Å². The minimum absolute atomic E-state index is 0.222. The maximum Gasteiger partial charge on any atom is 0.105 e. The second-order valence-corrected chi connectivity index (χ2v) is 5.79. The molecule has 80 valence electrons. The Kier molecular flexibility index (Phi) is 3.29. The van der Waals surface area contributed by atoms with E-state index in [2.05, 4.69) is 33.4 Å². The van der Waals surface area contributed by atoms with Crippen molar-refractivity contribution in [3.05, 3.63) is 44.4 Å². The van der Waals surface area contributed by atoms with Crippen LogP contribution >= 0.6 is 27.3 Å². The molecule has 0 radical (unpaired) electrons. The van der Waals surface area contributed by atoms with Gasteiger partial charge in [0.05, 0.1) is 16.1 Å². The van der Waals surface area contributed by atoms with Gasteiger partial charge < -0.3 is 9.73 Å². The van der Waals surface area contributed by atoms with Crippen molar-refractivity contribution < 1.29 is 4.42 Å². The molecular formula is C11H12BrNOS. The monoisotopic (exact) mass is 285 g/mol. The lowest BCUT2D eigenvalue weighted by Gasteiger charge is -2.13. The van der Waals surface area contributed by atoms with Gasteiger partial charge in [-0.25, -0.2) is 0 Å². The molecule has 0 bridgehead atoms. The average molecular weight is 286 g/mol. The minimum atomic E-state index is 0.222. The Morgan fingerprint density at radius 2 is 2.20 bits per heavy atom. The van der Waals surface area contributed by atoms with E-state index in [9.17, 15) is 0 Å². The van der Waals surface area contributed by atoms with Gasteiger partial charge in [-0.3, -0.25) is 0 Å². The molecular weight excluding hydrogens is 274 g/mol. The van der Waals surface area contributed by atoms with E-state index in [-0.39, 0.29) is 6.04 Å². The Hall–Kier alpha value is -0.580. The van der Waals surface area contributed by atoms with E-state index in [4.69, 9.17) is 4.42 Å². The predicted octanol–water partition coefficient (Wildman–Crippen LogP) is 3.72. The van der Waals surface area contributed by atoms with Crippen LogP contribution in [-0.2, 0) is 0 Å². The Labute approximate surface area is 101 Å². The smallest absolute Gasteiger partial charge is 0.105 e. The molecule has 1 N–H and O–H groups in total. The van der Waals surface area contributed by atoms with Gasteiger partial charge in [-0.2, -0.15) is 0 Å². The van der Waals surface area contributed by atoms with E-state index in [1.807, 2.05) is 20.0 Å². The number of nitrogens with one attached hydrogen (secondary N) is 1. The molecule has 0 aliphatic heterocycles. The van der Waals surface area contributed by atoms with Crippen LogP contribution in [0, 0.1) is 6.92 Å². The summed E-state index contributed by atoms with van der Waals surface area (Å²) < 4.78 is 6.48. The van der Waals surface area contributed by atoms with Gasteiger partial charge in [-0.15, -0.1) is 11.3 Å².